The van der Waals surface area contributed by atoms with Gasteiger partial charge < -0.3 is 25.6 Å². The lowest BCUT2D eigenvalue weighted by Crippen LogP contribution is -2.67. The van der Waals surface area contributed by atoms with E-state index in [2.05, 4.69) is 5.32 Å². The number of carboxylic acid groups (broad SMARTS) is 1. The Morgan fingerprint density at radius 2 is 1.67 bits per heavy atom. The topological polar surface area (TPSA) is 129 Å². The molecule has 42 heavy (non-hydrogen) atoms. The van der Waals surface area contributed by atoms with Crippen molar-refractivity contribution >= 4 is 17.6 Å². The number of amides is 1. The first-order valence-corrected chi connectivity index (χ1v) is 15.1. The molecule has 9 heteroatoms. The molecule has 1 aromatic heterocycles. The molecule has 4 fully saturated rings. The zero-order valence-corrected chi connectivity index (χ0v) is 24.2. The molecule has 4 N–H and O–H groups in total. The Morgan fingerprint density at radius 3 is 2.31 bits per heavy atom. The number of nitrogens with zero attached hydrogens (tertiary/aromatic N) is 2. The minimum atomic E-state index is -0.808. The predicted octanol–water partition coefficient (Wildman–Crippen LogP) is 5.03. The van der Waals surface area contributed by atoms with E-state index in [1.54, 1.807) is 20.3 Å². The summed E-state index contributed by atoms with van der Waals surface area (Å²) in [5, 5.41) is 18.5. The molecule has 5 aliphatic rings. The minimum Gasteiger partial charge on any atom is -0.496 e. The average Bonchev–Trinajstić information content (AvgIpc) is 3.41. The lowest BCUT2D eigenvalue weighted by molar-refractivity contribution is -0.159. The molecule has 9 nitrogen and oxygen atoms in total. The highest BCUT2D eigenvalue weighted by atomic mass is 16.5. The summed E-state index contributed by atoms with van der Waals surface area (Å²) in [6, 6.07) is 11.2. The molecular weight excluding hydrogens is 532 g/mol. The standard InChI is InChI=1S/C33H38N4O5/c1-41-27-8-5-9-28(42-2)29(27)26-15-24(36-37(26)25-11-10-23(34)21-6-3-4-7-22(21)25)31(38)35-33-16-18-12-19(17-33)14-20(13-18)30(33)32(39)40/h5,8-11,15,18-20,30H,3-4,6-7,12-14,16-17,34H2,1-2H3,(H,35,38)(H,39,40). The number of anilines is 1. The van der Waals surface area contributed by atoms with Gasteiger partial charge in [-0.25, -0.2) is 4.68 Å². The van der Waals surface area contributed by atoms with E-state index in [1.807, 2.05) is 35.0 Å². The third kappa shape index (κ3) is 4.15. The van der Waals surface area contributed by atoms with Crippen LogP contribution in [0.5, 0.6) is 11.5 Å². The van der Waals surface area contributed by atoms with Crippen LogP contribution in [0.2, 0.25) is 0 Å². The van der Waals surface area contributed by atoms with Gasteiger partial charge in [0, 0.05) is 5.69 Å². The number of ether oxygens (including phenoxy) is 2. The summed E-state index contributed by atoms with van der Waals surface area (Å²) in [5.74, 6) is 0.503. The van der Waals surface area contributed by atoms with E-state index in [-0.39, 0.29) is 17.5 Å². The maximum Gasteiger partial charge on any atom is 0.309 e. The molecule has 220 valence electrons. The zero-order chi connectivity index (χ0) is 29.2. The molecule has 3 atom stereocenters. The Balaban J connectivity index is 1.36. The molecule has 3 aromatic rings. The molecule has 3 unspecified atom stereocenters. The predicted molar refractivity (Wildman–Crippen MR) is 158 cm³/mol. The summed E-state index contributed by atoms with van der Waals surface area (Å²) in [4.78, 5) is 26.7. The molecule has 0 spiro atoms. The van der Waals surface area contributed by atoms with Crippen LogP contribution in [-0.4, -0.2) is 46.5 Å². The fourth-order valence-corrected chi connectivity index (χ4v) is 8.98. The number of nitrogens with two attached hydrogens (primary N) is 1. The van der Waals surface area contributed by atoms with Crippen LogP contribution in [0.15, 0.2) is 36.4 Å². The minimum absolute atomic E-state index is 0.112. The number of benzene rings is 2. The van der Waals surface area contributed by atoms with Gasteiger partial charge in [0.1, 0.15) is 11.5 Å². The summed E-state index contributed by atoms with van der Waals surface area (Å²) < 4.78 is 13.3. The molecule has 1 heterocycles. The van der Waals surface area contributed by atoms with Crippen LogP contribution in [0.3, 0.4) is 0 Å². The van der Waals surface area contributed by atoms with Gasteiger partial charge in [-0.2, -0.15) is 5.10 Å². The number of nitrogens with one attached hydrogen (secondary N) is 1. The molecule has 4 saturated carbocycles. The van der Waals surface area contributed by atoms with Crippen LogP contribution in [0.4, 0.5) is 5.69 Å². The summed E-state index contributed by atoms with van der Waals surface area (Å²) in [5.41, 5.74) is 11.2. The molecule has 8 rings (SSSR count). The highest BCUT2D eigenvalue weighted by molar-refractivity contribution is 5.95. The zero-order valence-electron chi connectivity index (χ0n) is 24.2. The van der Waals surface area contributed by atoms with Crippen molar-refractivity contribution in [3.63, 3.8) is 0 Å². The fourth-order valence-electron chi connectivity index (χ4n) is 8.98. The first-order chi connectivity index (χ1) is 20.3. The second kappa shape index (κ2) is 10.1. The normalized spacial score (nSPS) is 27.4. The van der Waals surface area contributed by atoms with Gasteiger partial charge in [-0.15, -0.1) is 0 Å². The van der Waals surface area contributed by atoms with Crippen LogP contribution >= 0.6 is 0 Å². The number of carbonyl (C=O) groups is 2. The number of carbonyl (C=O) groups excluding carboxylic acids is 1. The average molecular weight is 571 g/mol. The first kappa shape index (κ1) is 26.9. The smallest absolute Gasteiger partial charge is 0.309 e. The molecular formula is C33H38N4O5. The SMILES string of the molecule is COc1cccc(OC)c1-c1cc(C(=O)NC23CC4CC(CC(C4)C2C(=O)O)C3)nn1-c1ccc(N)c2c1CCCC2. The Hall–Kier alpha value is -4.01. The van der Waals surface area contributed by atoms with Crippen molar-refractivity contribution in [1.29, 1.82) is 0 Å². The largest absolute Gasteiger partial charge is 0.496 e. The lowest BCUT2D eigenvalue weighted by atomic mass is 9.48. The highest BCUT2D eigenvalue weighted by Crippen LogP contribution is 2.58. The summed E-state index contributed by atoms with van der Waals surface area (Å²) in [7, 11) is 3.22. The quantitative estimate of drug-likeness (QED) is 0.340. The lowest BCUT2D eigenvalue weighted by Gasteiger charge is -2.59. The van der Waals surface area contributed by atoms with E-state index in [0.717, 1.165) is 67.4 Å². The number of aromatic nitrogens is 2. The van der Waals surface area contributed by atoms with E-state index >= 15 is 0 Å². The monoisotopic (exact) mass is 570 g/mol. The van der Waals surface area contributed by atoms with Gasteiger partial charge in [-0.05, 0) is 117 Å². The van der Waals surface area contributed by atoms with E-state index < -0.39 is 17.4 Å². The van der Waals surface area contributed by atoms with Gasteiger partial charge in [0.2, 0.25) is 0 Å². The maximum absolute atomic E-state index is 14.1. The number of aliphatic carboxylic acids is 1. The number of fused-ring (bicyclic) bond motifs is 1. The van der Waals surface area contributed by atoms with Gasteiger partial charge in [0.25, 0.3) is 5.91 Å². The Labute approximate surface area is 245 Å². The summed E-state index contributed by atoms with van der Waals surface area (Å²) in [6.45, 7) is 0. The van der Waals surface area contributed by atoms with E-state index in [1.165, 1.54) is 0 Å². The van der Waals surface area contributed by atoms with Crippen LogP contribution in [0, 0.1) is 23.7 Å². The number of methoxy groups -OCH3 is 2. The van der Waals surface area contributed by atoms with Gasteiger partial charge in [-0.1, -0.05) is 6.07 Å². The van der Waals surface area contributed by atoms with E-state index in [0.29, 0.717) is 47.4 Å². The molecule has 2 aromatic carbocycles. The molecule has 0 aliphatic heterocycles. The van der Waals surface area contributed by atoms with Crippen molar-refractivity contribution in [2.24, 2.45) is 23.7 Å². The molecule has 5 aliphatic carbocycles. The van der Waals surface area contributed by atoms with E-state index in [9.17, 15) is 14.7 Å². The van der Waals surface area contributed by atoms with Gasteiger partial charge >= 0.3 is 5.97 Å². The molecule has 0 saturated heterocycles. The number of carboxylic acids is 1. The van der Waals surface area contributed by atoms with Crippen LogP contribution in [-0.2, 0) is 17.6 Å². The summed E-state index contributed by atoms with van der Waals surface area (Å²) in [6.07, 6.45) is 8.34. The Kier molecular flexibility index (Phi) is 6.44. The number of rotatable bonds is 7. The van der Waals surface area contributed by atoms with Crippen molar-refractivity contribution in [2.75, 3.05) is 20.0 Å². The second-order valence-electron chi connectivity index (χ2n) is 12.7. The van der Waals surface area contributed by atoms with E-state index in [4.69, 9.17) is 20.3 Å². The van der Waals surface area contributed by atoms with Crippen molar-refractivity contribution < 1.29 is 24.2 Å². The number of hydrogen-bond donors (Lipinski definition) is 3. The van der Waals surface area contributed by atoms with Crippen LogP contribution < -0.4 is 20.5 Å². The molecule has 0 radical (unpaired) electrons. The molecule has 4 bridgehead atoms. The van der Waals surface area contributed by atoms with Gasteiger partial charge in [0.05, 0.1) is 42.6 Å². The maximum atomic E-state index is 14.1. The van der Waals surface area contributed by atoms with Crippen molar-refractivity contribution in [3.05, 3.63) is 53.2 Å². The Morgan fingerprint density at radius 1 is 1.00 bits per heavy atom. The second-order valence-corrected chi connectivity index (χ2v) is 12.7. The molecule has 1 amide bonds. The third-order valence-electron chi connectivity index (χ3n) is 10.3. The van der Waals surface area contributed by atoms with Crippen LogP contribution in [0.25, 0.3) is 16.9 Å². The number of hydrogen-bond acceptors (Lipinski definition) is 6. The van der Waals surface area contributed by atoms with Gasteiger partial charge in [0.15, 0.2) is 5.69 Å². The van der Waals surface area contributed by atoms with Crippen molar-refractivity contribution in [1.82, 2.24) is 15.1 Å². The van der Waals surface area contributed by atoms with Gasteiger partial charge in [-0.3, -0.25) is 9.59 Å². The highest BCUT2D eigenvalue weighted by Gasteiger charge is 2.60. The van der Waals surface area contributed by atoms with Crippen LogP contribution in [0.1, 0.15) is 66.6 Å². The first-order valence-electron chi connectivity index (χ1n) is 15.1. The third-order valence-corrected chi connectivity index (χ3v) is 10.3. The summed E-state index contributed by atoms with van der Waals surface area (Å²) >= 11 is 0. The Bertz CT molecular complexity index is 1540. The number of nitrogen functional groups attached to an aromatic ring is 1. The van der Waals surface area contributed by atoms with Crippen molar-refractivity contribution in [3.8, 4) is 28.4 Å². The van der Waals surface area contributed by atoms with Crippen molar-refractivity contribution in [2.45, 2.75) is 63.3 Å². The fraction of sp³-hybridized carbons (Fsp3) is 0.485.